The van der Waals surface area contributed by atoms with Crippen molar-refractivity contribution in [1.29, 1.82) is 0 Å². The van der Waals surface area contributed by atoms with Gasteiger partial charge in [-0.2, -0.15) is 0 Å². The van der Waals surface area contributed by atoms with Gasteiger partial charge in [0.1, 0.15) is 0 Å². The lowest BCUT2D eigenvalue weighted by molar-refractivity contribution is 0.578. The third-order valence-corrected chi connectivity index (χ3v) is 7.52. The molecule has 0 aliphatic heterocycles. The van der Waals surface area contributed by atoms with Gasteiger partial charge in [-0.25, -0.2) is 0 Å². The van der Waals surface area contributed by atoms with E-state index in [-0.39, 0.29) is 12.0 Å². The van der Waals surface area contributed by atoms with Crippen LogP contribution in [0.4, 0.5) is 0 Å². The number of aryl methyl sites for hydroxylation is 2. The summed E-state index contributed by atoms with van der Waals surface area (Å²) in [6.45, 7) is 16.4. The second-order valence-electron chi connectivity index (χ2n) is 10.5. The van der Waals surface area contributed by atoms with Gasteiger partial charge in [-0.1, -0.05) is 117 Å². The van der Waals surface area contributed by atoms with Crippen LogP contribution in [0.5, 0.6) is 0 Å². The van der Waals surface area contributed by atoms with Crippen molar-refractivity contribution in [3.63, 3.8) is 0 Å². The Kier molecular flexibility index (Phi) is 9.43. The fourth-order valence-electron chi connectivity index (χ4n) is 5.22. The van der Waals surface area contributed by atoms with E-state index in [0.29, 0.717) is 0 Å². The lowest BCUT2D eigenvalue weighted by Gasteiger charge is -2.28. The van der Waals surface area contributed by atoms with Crippen LogP contribution in [-0.2, 0) is 19.4 Å². The summed E-state index contributed by atoms with van der Waals surface area (Å²) in [6, 6.07) is 34.7. The molecule has 1 aromatic heterocycles. The molecule has 0 saturated carbocycles. The number of aromatic nitrogens is 1. The predicted molar refractivity (Wildman–Crippen MR) is 163 cm³/mol. The Bertz CT molecular complexity index is 1290. The van der Waals surface area contributed by atoms with Crippen LogP contribution in [0.3, 0.4) is 0 Å². The minimum absolute atomic E-state index is 0.0677. The molecular weight excluding hydrogens is 460 g/mol. The molecule has 0 radical (unpaired) electrons. The van der Waals surface area contributed by atoms with Crippen LogP contribution in [0, 0.1) is 6.92 Å². The maximum atomic E-state index is 4.56. The Morgan fingerprint density at radius 3 is 1.95 bits per heavy atom. The third kappa shape index (κ3) is 6.75. The number of rotatable bonds is 13. The molecule has 0 aliphatic rings. The van der Waals surface area contributed by atoms with E-state index < -0.39 is 0 Å². The average Bonchev–Trinajstić information content (AvgIpc) is 3.30. The summed E-state index contributed by atoms with van der Waals surface area (Å²) in [5.41, 5.74) is 10.1. The molecule has 1 heterocycles. The Labute approximate surface area is 229 Å². The summed E-state index contributed by atoms with van der Waals surface area (Å²) in [5.74, 6) is 0.0677. The molecule has 1 unspecified atom stereocenters. The first kappa shape index (κ1) is 27.3. The fourth-order valence-corrected chi connectivity index (χ4v) is 5.22. The Morgan fingerprint density at radius 1 is 0.789 bits per heavy atom. The average molecular weight is 503 g/mol. The molecule has 2 heteroatoms. The monoisotopic (exact) mass is 502 g/mol. The van der Waals surface area contributed by atoms with Crippen LogP contribution in [-0.4, -0.2) is 10.6 Å². The number of allylic oxidation sites excluding steroid dienone is 1. The highest BCUT2D eigenvalue weighted by molar-refractivity contribution is 5.40. The molecule has 0 amide bonds. The summed E-state index contributed by atoms with van der Waals surface area (Å²) in [7, 11) is 0. The van der Waals surface area contributed by atoms with Gasteiger partial charge in [0.2, 0.25) is 0 Å². The van der Waals surface area contributed by atoms with Crippen molar-refractivity contribution < 1.29 is 0 Å². The topological polar surface area (TPSA) is 17.0 Å². The minimum Gasteiger partial charge on any atom is -0.381 e. The summed E-state index contributed by atoms with van der Waals surface area (Å²) in [5, 5.41) is 3.81. The molecule has 0 bridgehead atoms. The van der Waals surface area contributed by atoms with E-state index in [1.807, 2.05) is 0 Å². The van der Waals surface area contributed by atoms with Crippen LogP contribution in [0.2, 0.25) is 0 Å². The highest BCUT2D eigenvalue weighted by Crippen LogP contribution is 2.30. The van der Waals surface area contributed by atoms with Gasteiger partial charge in [-0.3, -0.25) is 0 Å². The zero-order chi connectivity index (χ0) is 26.9. The largest absolute Gasteiger partial charge is 0.381 e. The van der Waals surface area contributed by atoms with Gasteiger partial charge < -0.3 is 9.88 Å². The van der Waals surface area contributed by atoms with Gasteiger partial charge >= 0.3 is 0 Å². The van der Waals surface area contributed by atoms with Crippen molar-refractivity contribution >= 4 is 0 Å². The van der Waals surface area contributed by atoms with Crippen molar-refractivity contribution in [1.82, 2.24) is 9.88 Å². The minimum atomic E-state index is 0.0677. The Balaban J connectivity index is 1.62. The molecule has 0 aliphatic carbocycles. The van der Waals surface area contributed by atoms with Gasteiger partial charge in [0.05, 0.1) is 6.04 Å². The second-order valence-corrected chi connectivity index (χ2v) is 10.5. The lowest BCUT2D eigenvalue weighted by Crippen LogP contribution is -2.34. The first-order valence-electron chi connectivity index (χ1n) is 13.9. The lowest BCUT2D eigenvalue weighted by atomic mass is 9.88. The van der Waals surface area contributed by atoms with E-state index in [1.165, 1.54) is 46.5 Å². The maximum Gasteiger partial charge on any atom is 0.0520 e. The first-order chi connectivity index (χ1) is 18.5. The van der Waals surface area contributed by atoms with Crippen LogP contribution in [0.25, 0.3) is 0 Å². The standard InChI is InChI=1S/C36H42N2/c1-6-7-22-33-23-24-34(38(33)26-32-21-15-14-16-28(32)4)25-35(27(2)3)37-29(5)36(30-17-10-8-11-18-30)31-19-12-9-13-20-31/h8-21,23-24,35-37H,2,5-7,22,25-26H2,1,3-4H3. The summed E-state index contributed by atoms with van der Waals surface area (Å²) in [4.78, 5) is 0. The summed E-state index contributed by atoms with van der Waals surface area (Å²) >= 11 is 0. The van der Waals surface area contributed by atoms with Crippen LogP contribution in [0.15, 0.2) is 121 Å². The molecule has 196 valence electrons. The third-order valence-electron chi connectivity index (χ3n) is 7.52. The fraction of sp³-hybridized carbons (Fsp3) is 0.278. The Hall–Kier alpha value is -3.78. The summed E-state index contributed by atoms with van der Waals surface area (Å²) < 4.78 is 2.53. The molecule has 2 nitrogen and oxygen atoms in total. The van der Waals surface area contributed by atoms with Crippen LogP contribution >= 0.6 is 0 Å². The van der Waals surface area contributed by atoms with Crippen molar-refractivity contribution in [2.75, 3.05) is 0 Å². The first-order valence-corrected chi connectivity index (χ1v) is 13.9. The number of hydrogen-bond donors (Lipinski definition) is 1. The molecule has 3 aromatic carbocycles. The van der Waals surface area contributed by atoms with E-state index >= 15 is 0 Å². The smallest absolute Gasteiger partial charge is 0.0520 e. The zero-order valence-electron chi connectivity index (χ0n) is 23.3. The van der Waals surface area contributed by atoms with E-state index in [9.17, 15) is 0 Å². The number of nitrogens with one attached hydrogen (secondary N) is 1. The Morgan fingerprint density at radius 2 is 1.37 bits per heavy atom. The molecule has 1 atom stereocenters. The van der Waals surface area contributed by atoms with Gasteiger partial charge in [0.25, 0.3) is 0 Å². The van der Waals surface area contributed by atoms with E-state index in [4.69, 9.17) is 0 Å². The molecule has 1 N–H and O–H groups in total. The molecule has 0 fully saturated rings. The molecule has 4 rings (SSSR count). The predicted octanol–water partition coefficient (Wildman–Crippen LogP) is 8.61. The highest BCUT2D eigenvalue weighted by Gasteiger charge is 2.22. The molecule has 0 spiro atoms. The molecule has 38 heavy (non-hydrogen) atoms. The maximum absolute atomic E-state index is 4.56. The number of nitrogens with zero attached hydrogens (tertiary/aromatic N) is 1. The normalized spacial score (nSPS) is 11.9. The quantitative estimate of drug-likeness (QED) is 0.181. The van der Waals surface area contributed by atoms with Crippen LogP contribution < -0.4 is 5.32 Å². The van der Waals surface area contributed by atoms with Gasteiger partial charge in [0.15, 0.2) is 0 Å². The summed E-state index contributed by atoms with van der Waals surface area (Å²) in [6.07, 6.45) is 4.36. The van der Waals surface area contributed by atoms with Crippen molar-refractivity contribution in [3.8, 4) is 0 Å². The van der Waals surface area contributed by atoms with Gasteiger partial charge in [0, 0.05) is 36.0 Å². The van der Waals surface area contributed by atoms with Crippen molar-refractivity contribution in [2.45, 2.75) is 65.0 Å². The number of hydrogen-bond acceptors (Lipinski definition) is 1. The highest BCUT2D eigenvalue weighted by atomic mass is 15.0. The zero-order valence-corrected chi connectivity index (χ0v) is 23.3. The number of unbranched alkanes of at least 4 members (excludes halogenated alkanes) is 1. The van der Waals surface area contributed by atoms with E-state index in [0.717, 1.165) is 30.7 Å². The van der Waals surface area contributed by atoms with Crippen LogP contribution in [0.1, 0.15) is 66.2 Å². The second kappa shape index (κ2) is 13.1. The van der Waals surface area contributed by atoms with Gasteiger partial charge in [-0.15, -0.1) is 0 Å². The van der Waals surface area contributed by atoms with Gasteiger partial charge in [-0.05, 0) is 61.1 Å². The van der Waals surface area contributed by atoms with E-state index in [2.05, 4.69) is 141 Å². The van der Waals surface area contributed by atoms with E-state index in [1.54, 1.807) is 0 Å². The molecule has 0 saturated heterocycles. The SMILES string of the molecule is C=C(C)C(Cc1ccc(CCCC)n1Cc1ccccc1C)NC(=C)C(c1ccccc1)c1ccccc1. The van der Waals surface area contributed by atoms with Crippen molar-refractivity contribution in [2.24, 2.45) is 0 Å². The molecular formula is C36H42N2. The molecule has 4 aromatic rings. The van der Waals surface area contributed by atoms with Crippen molar-refractivity contribution in [3.05, 3.63) is 155 Å². The number of benzene rings is 3.